The van der Waals surface area contributed by atoms with Crippen LogP contribution in [0.2, 0.25) is 0 Å². The van der Waals surface area contributed by atoms with Crippen LogP contribution in [-0.2, 0) is 0 Å². The number of rotatable bonds is 16. The fraction of sp³-hybridized carbons (Fsp3) is 0.900. The van der Waals surface area contributed by atoms with E-state index >= 15 is 0 Å². The van der Waals surface area contributed by atoms with E-state index in [0.29, 0.717) is 6.42 Å². The van der Waals surface area contributed by atoms with Gasteiger partial charge < -0.3 is 15.9 Å². The van der Waals surface area contributed by atoms with E-state index in [1.54, 1.807) is 0 Å². The molecular weight excluding hydrogens is 286 g/mol. The predicted octanol–water partition coefficient (Wildman–Crippen LogP) is 4.15. The summed E-state index contributed by atoms with van der Waals surface area (Å²) in [6.07, 6.45) is 21.9. The first-order valence-electron chi connectivity index (χ1n) is 9.66. The molecule has 0 bridgehead atoms. The second kappa shape index (κ2) is 15.0. The minimum Gasteiger partial charge on any atom is -0.393 e. The fourth-order valence-corrected chi connectivity index (χ4v) is 2.86. The van der Waals surface area contributed by atoms with E-state index in [4.69, 9.17) is 17.3 Å². The lowest BCUT2D eigenvalue weighted by molar-refractivity contribution is 0.0664. The van der Waals surface area contributed by atoms with Gasteiger partial charge in [0.15, 0.2) is 0 Å². The lowest BCUT2D eigenvalue weighted by Crippen LogP contribution is -2.52. The number of aliphatic hydroxyl groups excluding tert-OH is 2. The average molecular weight is 326 g/mol. The molecule has 0 saturated heterocycles. The van der Waals surface area contributed by atoms with Gasteiger partial charge in [-0.05, 0) is 6.42 Å². The summed E-state index contributed by atoms with van der Waals surface area (Å²) in [5.74, 6) is 2.30. The van der Waals surface area contributed by atoms with Gasteiger partial charge in [0.1, 0.15) is 5.54 Å². The van der Waals surface area contributed by atoms with Crippen molar-refractivity contribution < 1.29 is 10.2 Å². The summed E-state index contributed by atoms with van der Waals surface area (Å²) in [5, 5.41) is 19.0. The Morgan fingerprint density at radius 2 is 1.26 bits per heavy atom. The number of nitrogens with two attached hydrogens (primary N) is 1. The molecule has 0 aliphatic rings. The third kappa shape index (κ3) is 11.6. The Kier molecular flexibility index (Phi) is 14.6. The Bertz CT molecular complexity index is 301. The number of terminal acetylenes is 1. The molecule has 0 spiro atoms. The molecule has 0 unspecified atom stereocenters. The summed E-state index contributed by atoms with van der Waals surface area (Å²) in [4.78, 5) is 0. The maximum absolute atomic E-state index is 9.92. The highest BCUT2D eigenvalue weighted by Gasteiger charge is 2.30. The molecule has 0 aromatic rings. The highest BCUT2D eigenvalue weighted by molar-refractivity contribution is 5.14. The maximum atomic E-state index is 9.92. The largest absolute Gasteiger partial charge is 0.393 e. The molecule has 0 aromatic carbocycles. The second-order valence-electron chi connectivity index (χ2n) is 6.89. The quantitative estimate of drug-likeness (QED) is 0.295. The van der Waals surface area contributed by atoms with Crippen molar-refractivity contribution in [1.82, 2.24) is 0 Å². The average Bonchev–Trinajstić information content (AvgIpc) is 2.58. The van der Waals surface area contributed by atoms with Crippen LogP contribution in [0.1, 0.15) is 96.8 Å². The molecule has 0 aromatic heterocycles. The van der Waals surface area contributed by atoms with Gasteiger partial charge in [-0.25, -0.2) is 0 Å². The maximum Gasteiger partial charge on any atom is 0.127 e. The van der Waals surface area contributed by atoms with Crippen molar-refractivity contribution in [3.05, 3.63) is 0 Å². The Balaban J connectivity index is 3.33. The Hall–Kier alpha value is -0.560. The molecular formula is C20H39NO2. The van der Waals surface area contributed by atoms with Crippen LogP contribution in [0, 0.1) is 12.3 Å². The molecule has 0 saturated carbocycles. The summed E-state index contributed by atoms with van der Waals surface area (Å²) in [7, 11) is 0. The van der Waals surface area contributed by atoms with Crippen molar-refractivity contribution in [2.75, 3.05) is 6.61 Å². The lowest BCUT2D eigenvalue weighted by atomic mass is 9.91. The summed E-state index contributed by atoms with van der Waals surface area (Å²) in [6, 6.07) is 0. The van der Waals surface area contributed by atoms with Crippen LogP contribution in [0.4, 0.5) is 0 Å². The van der Waals surface area contributed by atoms with Crippen LogP contribution in [0.15, 0.2) is 0 Å². The molecule has 2 atom stereocenters. The second-order valence-corrected chi connectivity index (χ2v) is 6.89. The van der Waals surface area contributed by atoms with Gasteiger partial charge in [0.05, 0.1) is 12.7 Å². The Morgan fingerprint density at radius 3 is 1.61 bits per heavy atom. The molecule has 4 N–H and O–H groups in total. The number of hydrogen-bond donors (Lipinski definition) is 3. The van der Waals surface area contributed by atoms with Crippen LogP contribution in [0.5, 0.6) is 0 Å². The van der Waals surface area contributed by atoms with Crippen LogP contribution in [-0.4, -0.2) is 28.5 Å². The van der Waals surface area contributed by atoms with Gasteiger partial charge >= 0.3 is 0 Å². The highest BCUT2D eigenvalue weighted by atomic mass is 16.3. The van der Waals surface area contributed by atoms with Crippen molar-refractivity contribution >= 4 is 0 Å². The lowest BCUT2D eigenvalue weighted by Gasteiger charge is -2.26. The van der Waals surface area contributed by atoms with Crippen molar-refractivity contribution in [3.63, 3.8) is 0 Å². The standard InChI is InChI=1S/C20H39NO2/c1-3-5-6-7-8-9-10-11-12-13-14-15-16-17-19(23)20(21,4-2)18-22/h2,19,22-23H,3,5-18,21H2,1H3/t19-,20+/m1/s1. The minimum absolute atomic E-state index is 0.372. The van der Waals surface area contributed by atoms with Gasteiger partial charge in [0, 0.05) is 0 Å². The molecule has 0 aliphatic carbocycles. The summed E-state index contributed by atoms with van der Waals surface area (Å²) in [5.41, 5.74) is 4.47. The van der Waals surface area contributed by atoms with E-state index in [1.165, 1.54) is 70.6 Å². The van der Waals surface area contributed by atoms with E-state index in [0.717, 1.165) is 12.8 Å². The third-order valence-electron chi connectivity index (χ3n) is 4.71. The smallest absolute Gasteiger partial charge is 0.127 e. The first kappa shape index (κ1) is 22.4. The zero-order valence-corrected chi connectivity index (χ0v) is 15.2. The zero-order valence-electron chi connectivity index (χ0n) is 15.2. The van der Waals surface area contributed by atoms with Crippen molar-refractivity contribution in [3.8, 4) is 12.3 Å². The Morgan fingerprint density at radius 1 is 0.870 bits per heavy atom. The van der Waals surface area contributed by atoms with Crippen molar-refractivity contribution in [2.24, 2.45) is 5.73 Å². The van der Waals surface area contributed by atoms with Crippen LogP contribution < -0.4 is 5.73 Å². The van der Waals surface area contributed by atoms with Gasteiger partial charge in [-0.15, -0.1) is 6.42 Å². The molecule has 0 radical (unpaired) electrons. The molecule has 0 heterocycles. The number of unbranched alkanes of at least 4 members (excludes halogenated alkanes) is 12. The molecule has 3 nitrogen and oxygen atoms in total. The molecule has 0 aliphatic heterocycles. The van der Waals surface area contributed by atoms with Crippen LogP contribution in [0.3, 0.4) is 0 Å². The van der Waals surface area contributed by atoms with Gasteiger partial charge in [-0.1, -0.05) is 96.3 Å². The van der Waals surface area contributed by atoms with E-state index < -0.39 is 11.6 Å². The topological polar surface area (TPSA) is 66.5 Å². The first-order valence-corrected chi connectivity index (χ1v) is 9.66. The zero-order chi connectivity index (χ0) is 17.4. The van der Waals surface area contributed by atoms with Gasteiger partial charge in [0.25, 0.3) is 0 Å². The summed E-state index contributed by atoms with van der Waals surface area (Å²) < 4.78 is 0. The fourth-order valence-electron chi connectivity index (χ4n) is 2.86. The molecule has 23 heavy (non-hydrogen) atoms. The van der Waals surface area contributed by atoms with Gasteiger partial charge in [0.2, 0.25) is 0 Å². The van der Waals surface area contributed by atoms with Crippen molar-refractivity contribution in [2.45, 2.75) is 108 Å². The van der Waals surface area contributed by atoms with Gasteiger partial charge in [-0.3, -0.25) is 0 Å². The predicted molar refractivity (Wildman–Crippen MR) is 99.2 cm³/mol. The van der Waals surface area contributed by atoms with Gasteiger partial charge in [-0.2, -0.15) is 0 Å². The molecule has 136 valence electrons. The molecule has 0 amide bonds. The third-order valence-corrected chi connectivity index (χ3v) is 4.71. The first-order chi connectivity index (χ1) is 11.1. The van der Waals surface area contributed by atoms with Crippen LogP contribution in [0.25, 0.3) is 0 Å². The van der Waals surface area contributed by atoms with E-state index in [9.17, 15) is 5.11 Å². The minimum atomic E-state index is -1.28. The number of aliphatic hydroxyl groups is 2. The molecule has 0 fully saturated rings. The van der Waals surface area contributed by atoms with E-state index in [-0.39, 0.29) is 6.61 Å². The SMILES string of the molecule is C#C[C@](N)(CO)[C@H](O)CCCCCCCCCCCCCCC. The van der Waals surface area contributed by atoms with Crippen molar-refractivity contribution in [1.29, 1.82) is 0 Å². The highest BCUT2D eigenvalue weighted by Crippen LogP contribution is 2.16. The monoisotopic (exact) mass is 325 g/mol. The normalized spacial score (nSPS) is 15.1. The van der Waals surface area contributed by atoms with E-state index in [2.05, 4.69) is 12.8 Å². The molecule has 3 heteroatoms. The molecule has 0 rings (SSSR count). The summed E-state index contributed by atoms with van der Waals surface area (Å²) in [6.45, 7) is 1.89. The number of hydrogen-bond acceptors (Lipinski definition) is 3. The Labute approximate surface area is 144 Å². The van der Waals surface area contributed by atoms with Crippen LogP contribution >= 0.6 is 0 Å². The summed E-state index contributed by atoms with van der Waals surface area (Å²) >= 11 is 0. The van der Waals surface area contributed by atoms with E-state index in [1.807, 2.05) is 0 Å².